The molecule has 0 amide bonds. The van der Waals surface area contributed by atoms with Crippen molar-refractivity contribution in [2.45, 2.75) is 393 Å². The third kappa shape index (κ3) is 32.7. The smallest absolute Gasteiger partial charge is 0.308 e. The van der Waals surface area contributed by atoms with Gasteiger partial charge in [-0.15, -0.1) is 45.3 Å². The maximum Gasteiger partial charge on any atom is 0.308 e. The Balaban J connectivity index is 1.15. The zero-order valence-electron chi connectivity index (χ0n) is 84.3. The molecular formula is C109H179NO16S4. The van der Waals surface area contributed by atoms with E-state index < -0.39 is 16.2 Å². The predicted molar refractivity (Wildman–Crippen MR) is 541 cm³/mol. The normalized spacial score (nSPS) is 18.6. The minimum Gasteiger partial charge on any atom is -0.488 e. The van der Waals surface area contributed by atoms with Crippen molar-refractivity contribution in [1.82, 2.24) is 4.57 Å². The van der Waals surface area contributed by atoms with Crippen LogP contribution in [0.2, 0.25) is 0 Å². The first kappa shape index (κ1) is 109. The van der Waals surface area contributed by atoms with Crippen LogP contribution < -0.4 is 37.9 Å². The molecule has 0 aliphatic carbocycles. The number of hydrogen-bond acceptors (Lipinski definition) is 20. The third-order valence-electron chi connectivity index (χ3n) is 28.0. The van der Waals surface area contributed by atoms with E-state index in [1.165, 1.54) is 89.9 Å². The van der Waals surface area contributed by atoms with Gasteiger partial charge in [0.15, 0.2) is 46.0 Å². The summed E-state index contributed by atoms with van der Waals surface area (Å²) in [6.45, 7) is 41.2. The molecule has 9 heterocycles. The molecule has 0 saturated carbocycles. The first-order chi connectivity index (χ1) is 63.5. The molecule has 5 aromatic rings. The van der Waals surface area contributed by atoms with Crippen LogP contribution in [-0.2, 0) is 44.6 Å². The number of nitrogens with zero attached hydrogens (tertiary/aromatic N) is 1. The van der Waals surface area contributed by atoms with Crippen LogP contribution in [0.5, 0.6) is 46.0 Å². The quantitative estimate of drug-likeness (QED) is 0.0266. The van der Waals surface area contributed by atoms with Crippen molar-refractivity contribution in [3.8, 4) is 86.6 Å². The largest absolute Gasteiger partial charge is 0.488 e. The summed E-state index contributed by atoms with van der Waals surface area (Å²) in [6, 6.07) is 4.59. The van der Waals surface area contributed by atoms with E-state index in [0.29, 0.717) is 151 Å². The van der Waals surface area contributed by atoms with E-state index in [9.17, 15) is 9.59 Å². The van der Waals surface area contributed by atoms with Gasteiger partial charge in [0.25, 0.3) is 0 Å². The van der Waals surface area contributed by atoms with E-state index in [2.05, 4.69) is 121 Å². The standard InChI is InChI=1S/C109H179NO16S4/c1-16-29-38-43-45-49-58-87(56-47-40-31-18-3)105(111)125-79-109(80-126-106(112)88(57-48-41-32-19-4)59-50-46-44-39-30-17-2)77-120-92-82(15)128-101(94(92)122-78-109)102-96-97(118-64-63-117-96)103(130-102)104-98-95(123-75-108(76-124-98,71-115-67-85(27-12)54-36-23-8)72-116-68-86(28-13)55-37-24-9)100(129-104)90-61-60-89(110(90)62-51-42-33-20-5)99-93-91(81(14)127-99)119-73-107(74-121-93,69-113-65-83(25-10)52-34-21-6)70-114-66-84(26-11)53-35-22-7/h60-61,83-88H,16-59,62-80H2,1-15H3. The highest BCUT2D eigenvalue weighted by molar-refractivity contribution is 7.28. The van der Waals surface area contributed by atoms with Gasteiger partial charge in [-0.2, -0.15) is 0 Å². The lowest BCUT2D eigenvalue weighted by Crippen LogP contribution is -2.44. The number of thiophene rings is 4. The summed E-state index contributed by atoms with van der Waals surface area (Å²) in [5, 5.41) is 0. The van der Waals surface area contributed by atoms with Gasteiger partial charge in [0.2, 0.25) is 0 Å². The fourth-order valence-electron chi connectivity index (χ4n) is 18.8. The number of fused-ring (bicyclic) bond motifs is 4. The molecule has 21 heteroatoms. The molecule has 9 rings (SSSR count). The average Bonchev–Trinajstić information content (AvgIpc) is 1.57. The van der Waals surface area contributed by atoms with E-state index in [0.717, 1.165) is 261 Å². The Hall–Kier alpha value is -4.74. The molecule has 5 aromatic heterocycles. The number of hydrogen-bond donors (Lipinski definition) is 0. The van der Waals surface area contributed by atoms with Crippen molar-refractivity contribution in [2.75, 3.05) is 119 Å². The summed E-state index contributed by atoms with van der Waals surface area (Å²) in [4.78, 5) is 37.2. The van der Waals surface area contributed by atoms with Gasteiger partial charge in [-0.3, -0.25) is 9.59 Å². The average molecular weight is 1890 g/mol. The summed E-state index contributed by atoms with van der Waals surface area (Å²) in [6.07, 6.45) is 48.1. The Bertz CT molecular complexity index is 3850. The van der Waals surface area contributed by atoms with E-state index in [4.69, 9.17) is 66.3 Å². The maximum absolute atomic E-state index is 14.9. The Labute approximate surface area is 804 Å². The highest BCUT2D eigenvalue weighted by Crippen LogP contribution is 2.65. The van der Waals surface area contributed by atoms with Gasteiger partial charge in [-0.1, -0.05) is 315 Å². The number of ether oxygens (including phenoxy) is 14. The number of esters is 2. The molecule has 740 valence electrons. The predicted octanol–water partition coefficient (Wildman–Crippen LogP) is 31.3. The zero-order valence-corrected chi connectivity index (χ0v) is 87.5. The zero-order chi connectivity index (χ0) is 92.8. The second-order valence-electron chi connectivity index (χ2n) is 39.5. The Morgan fingerprint density at radius 2 is 0.554 bits per heavy atom. The molecule has 0 aromatic carbocycles. The lowest BCUT2D eigenvalue weighted by Gasteiger charge is -2.32. The summed E-state index contributed by atoms with van der Waals surface area (Å²) >= 11 is 6.65. The molecule has 0 radical (unpaired) electrons. The second kappa shape index (κ2) is 60.1. The molecular weight excluding hydrogens is 1710 g/mol. The van der Waals surface area contributed by atoms with Crippen molar-refractivity contribution >= 4 is 57.3 Å². The van der Waals surface area contributed by atoms with Crippen LogP contribution in [0.1, 0.15) is 382 Å². The first-order valence-corrected chi connectivity index (χ1v) is 56.3. The molecule has 4 aliphatic rings. The van der Waals surface area contributed by atoms with Crippen molar-refractivity contribution in [2.24, 2.45) is 51.8 Å². The highest BCUT2D eigenvalue weighted by atomic mass is 32.1. The fraction of sp³-hybridized carbons (Fsp3) is 0.798. The molecule has 0 saturated heterocycles. The molecule has 0 N–H and O–H groups in total. The van der Waals surface area contributed by atoms with Gasteiger partial charge in [-0.05, 0) is 107 Å². The second-order valence-corrected chi connectivity index (χ2v) is 44.0. The van der Waals surface area contributed by atoms with Crippen molar-refractivity contribution in [3.05, 3.63) is 21.9 Å². The van der Waals surface area contributed by atoms with E-state index in [1.807, 2.05) is 0 Å². The Kier molecular flexibility index (Phi) is 50.3. The minimum atomic E-state index is -1.04. The topological polar surface area (TPSA) is 168 Å². The van der Waals surface area contributed by atoms with Crippen molar-refractivity contribution < 1.29 is 75.9 Å². The third-order valence-corrected chi connectivity index (χ3v) is 32.8. The van der Waals surface area contributed by atoms with Crippen LogP contribution in [0.4, 0.5) is 0 Å². The molecule has 0 spiro atoms. The van der Waals surface area contributed by atoms with E-state index >= 15 is 0 Å². The SMILES string of the molecule is CCCCCCCCC(CCCCCC)C(=O)OCC1(COC(=O)C(CCCCCC)CCCCCCCC)COc2c(C)sc(-c3sc(-c4sc(-c5ccc(-c6sc(C)c7c6OCC(COCC(CC)CCCC)(COCC(CC)CCCC)CO7)n5CCCCCC)c5c4OCC(COCC(CC)CCCC)(COCC(CC)CCCC)CO5)c4c3OCCO4)c2OC1. The van der Waals surface area contributed by atoms with Crippen molar-refractivity contribution in [1.29, 1.82) is 0 Å². The van der Waals surface area contributed by atoms with Crippen LogP contribution in [-0.4, -0.2) is 135 Å². The Morgan fingerprint density at radius 3 is 0.900 bits per heavy atom. The number of aryl methyl sites for hydroxylation is 2. The van der Waals surface area contributed by atoms with Crippen LogP contribution in [0.3, 0.4) is 0 Å². The van der Waals surface area contributed by atoms with Gasteiger partial charge >= 0.3 is 11.9 Å². The van der Waals surface area contributed by atoms with Crippen LogP contribution in [0.25, 0.3) is 40.7 Å². The lowest BCUT2D eigenvalue weighted by atomic mass is 9.91. The summed E-state index contributed by atoms with van der Waals surface area (Å²) in [5.74, 6) is 6.42. The summed E-state index contributed by atoms with van der Waals surface area (Å²) in [7, 11) is 0. The number of carbonyl (C=O) groups excluding carboxylic acids is 2. The molecule has 17 nitrogen and oxygen atoms in total. The number of unbranched alkanes of at least 4 members (excludes halogenated alkanes) is 23. The van der Waals surface area contributed by atoms with Gasteiger partial charge in [0, 0.05) is 42.7 Å². The molecule has 4 aliphatic heterocycles. The Morgan fingerprint density at radius 1 is 0.300 bits per heavy atom. The lowest BCUT2D eigenvalue weighted by molar-refractivity contribution is -0.163. The van der Waals surface area contributed by atoms with Gasteiger partial charge < -0.3 is 70.9 Å². The van der Waals surface area contributed by atoms with E-state index in [1.54, 1.807) is 45.3 Å². The fourth-order valence-corrected chi connectivity index (χ4v) is 23.6. The number of carbonyl (C=O) groups is 2. The maximum atomic E-state index is 14.9. The first-order valence-electron chi connectivity index (χ1n) is 53.0. The minimum absolute atomic E-state index is 0.0216. The molecule has 6 unspecified atom stereocenters. The monoisotopic (exact) mass is 1890 g/mol. The van der Waals surface area contributed by atoms with Gasteiger partial charge in [0.1, 0.15) is 71.5 Å². The van der Waals surface area contributed by atoms with E-state index in [-0.39, 0.29) is 50.2 Å². The van der Waals surface area contributed by atoms with Crippen LogP contribution in [0.15, 0.2) is 12.1 Å². The summed E-state index contributed by atoms with van der Waals surface area (Å²) < 4.78 is 102. The highest BCUT2D eigenvalue weighted by Gasteiger charge is 2.46. The molecule has 0 bridgehead atoms. The van der Waals surface area contributed by atoms with Crippen LogP contribution >= 0.6 is 45.3 Å². The van der Waals surface area contributed by atoms with Crippen molar-refractivity contribution in [3.63, 3.8) is 0 Å². The van der Waals surface area contributed by atoms with Gasteiger partial charge in [-0.25, -0.2) is 0 Å². The number of aromatic nitrogens is 1. The summed E-state index contributed by atoms with van der Waals surface area (Å²) in [5.41, 5.74) is -0.183. The molecule has 130 heavy (non-hydrogen) atoms. The molecule has 0 fully saturated rings. The molecule has 6 atom stereocenters. The van der Waals surface area contributed by atoms with Crippen LogP contribution in [0, 0.1) is 65.6 Å². The van der Waals surface area contributed by atoms with Gasteiger partial charge in [0.05, 0.1) is 89.7 Å². The number of rotatable bonds is 71.